The van der Waals surface area contributed by atoms with Gasteiger partial charge in [0.25, 0.3) is 6.43 Å². The maximum absolute atomic E-state index is 12.7. The van der Waals surface area contributed by atoms with Crippen molar-refractivity contribution in [2.45, 2.75) is 19.0 Å². The summed E-state index contributed by atoms with van der Waals surface area (Å²) in [6.07, 6.45) is -3.45. The Hall–Kier alpha value is -0.710. The quantitative estimate of drug-likeness (QED) is 0.843. The van der Waals surface area contributed by atoms with Gasteiger partial charge in [-0.1, -0.05) is 23.7 Å². The average Bonchev–Trinajstić information content (AvgIpc) is 2.17. The molecule has 1 unspecified atom stereocenters. The van der Waals surface area contributed by atoms with Crippen LogP contribution < -0.4 is 5.73 Å². The third-order valence-corrected chi connectivity index (χ3v) is 2.43. The van der Waals surface area contributed by atoms with Crippen LogP contribution in [0.2, 0.25) is 5.02 Å². The number of nitrogens with two attached hydrogens (primary N) is 1. The summed E-state index contributed by atoms with van der Waals surface area (Å²) in [5.41, 5.74) is 5.10. The van der Waals surface area contributed by atoms with E-state index in [1.165, 1.54) is 18.2 Å². The molecule has 84 valence electrons. The Labute approximate surface area is 91.7 Å². The SMILES string of the molecule is NCCC(O)c1cccc(Cl)c1C(F)F. The molecule has 0 fully saturated rings. The van der Waals surface area contributed by atoms with Crippen molar-refractivity contribution >= 4 is 11.6 Å². The van der Waals surface area contributed by atoms with Crippen LogP contribution in [0.1, 0.15) is 30.1 Å². The predicted octanol–water partition coefficient (Wildman–Crippen LogP) is 2.66. The zero-order valence-electron chi connectivity index (χ0n) is 7.96. The van der Waals surface area contributed by atoms with Crippen molar-refractivity contribution in [3.8, 4) is 0 Å². The Morgan fingerprint density at radius 2 is 2.07 bits per heavy atom. The number of benzene rings is 1. The molecule has 0 bridgehead atoms. The molecule has 0 aromatic heterocycles. The number of rotatable bonds is 4. The molecule has 0 aliphatic heterocycles. The fourth-order valence-corrected chi connectivity index (χ4v) is 1.65. The Morgan fingerprint density at radius 3 is 2.60 bits per heavy atom. The lowest BCUT2D eigenvalue weighted by atomic mass is 10.0. The highest BCUT2D eigenvalue weighted by molar-refractivity contribution is 6.31. The van der Waals surface area contributed by atoms with E-state index in [0.29, 0.717) is 0 Å². The smallest absolute Gasteiger partial charge is 0.265 e. The van der Waals surface area contributed by atoms with Gasteiger partial charge >= 0.3 is 0 Å². The number of hydrogen-bond acceptors (Lipinski definition) is 2. The first-order valence-corrected chi connectivity index (χ1v) is 4.90. The largest absolute Gasteiger partial charge is 0.388 e. The van der Waals surface area contributed by atoms with Crippen LogP contribution >= 0.6 is 11.6 Å². The lowest BCUT2D eigenvalue weighted by Gasteiger charge is -2.15. The van der Waals surface area contributed by atoms with Crippen molar-refractivity contribution < 1.29 is 13.9 Å². The van der Waals surface area contributed by atoms with Gasteiger partial charge in [0.05, 0.1) is 6.10 Å². The topological polar surface area (TPSA) is 46.2 Å². The maximum Gasteiger partial charge on any atom is 0.265 e. The van der Waals surface area contributed by atoms with Gasteiger partial charge < -0.3 is 10.8 Å². The molecule has 5 heteroatoms. The van der Waals surface area contributed by atoms with Crippen LogP contribution in [0, 0.1) is 0 Å². The van der Waals surface area contributed by atoms with E-state index in [4.69, 9.17) is 17.3 Å². The molecule has 1 aromatic carbocycles. The van der Waals surface area contributed by atoms with E-state index >= 15 is 0 Å². The third-order valence-electron chi connectivity index (χ3n) is 2.10. The fraction of sp³-hybridized carbons (Fsp3) is 0.400. The summed E-state index contributed by atoms with van der Waals surface area (Å²) in [5.74, 6) is 0. The van der Waals surface area contributed by atoms with Crippen LogP contribution in [0.15, 0.2) is 18.2 Å². The Morgan fingerprint density at radius 1 is 1.40 bits per heavy atom. The Balaban J connectivity index is 3.10. The zero-order chi connectivity index (χ0) is 11.4. The van der Waals surface area contributed by atoms with Gasteiger partial charge in [0.1, 0.15) is 0 Å². The van der Waals surface area contributed by atoms with Crippen LogP contribution in [0.25, 0.3) is 0 Å². The van der Waals surface area contributed by atoms with Crippen LogP contribution in [0.5, 0.6) is 0 Å². The first-order valence-electron chi connectivity index (χ1n) is 4.52. The van der Waals surface area contributed by atoms with Gasteiger partial charge in [-0.3, -0.25) is 0 Å². The molecule has 0 heterocycles. The molecule has 15 heavy (non-hydrogen) atoms. The molecule has 1 aromatic rings. The Kier molecular flexibility index (Phi) is 4.45. The monoisotopic (exact) mass is 235 g/mol. The summed E-state index contributed by atoms with van der Waals surface area (Å²) >= 11 is 5.65. The minimum atomic E-state index is -2.69. The molecule has 1 atom stereocenters. The summed E-state index contributed by atoms with van der Waals surface area (Å²) in [4.78, 5) is 0. The molecule has 0 amide bonds. The van der Waals surface area contributed by atoms with Gasteiger partial charge in [0, 0.05) is 10.6 Å². The minimum Gasteiger partial charge on any atom is -0.388 e. The lowest BCUT2D eigenvalue weighted by molar-refractivity contribution is 0.134. The standard InChI is InChI=1S/C10H12ClF2NO/c11-7-3-1-2-6(8(15)4-5-14)9(7)10(12)13/h1-3,8,10,15H,4-5,14H2. The average molecular weight is 236 g/mol. The maximum atomic E-state index is 12.7. The first kappa shape index (κ1) is 12.4. The molecular weight excluding hydrogens is 224 g/mol. The summed E-state index contributed by atoms with van der Waals surface area (Å²) < 4.78 is 25.3. The van der Waals surface area contributed by atoms with Gasteiger partial charge in [0.15, 0.2) is 0 Å². The van der Waals surface area contributed by atoms with E-state index in [-0.39, 0.29) is 29.1 Å². The summed E-state index contributed by atoms with van der Waals surface area (Å²) in [5, 5.41) is 9.57. The number of aliphatic hydroxyl groups excluding tert-OH is 1. The lowest BCUT2D eigenvalue weighted by Crippen LogP contribution is -2.09. The minimum absolute atomic E-state index is 0.0291. The van der Waals surface area contributed by atoms with Gasteiger partial charge in [-0.15, -0.1) is 0 Å². The van der Waals surface area contributed by atoms with Crippen LogP contribution in [-0.4, -0.2) is 11.7 Å². The molecular formula is C10H12ClF2NO. The van der Waals surface area contributed by atoms with Gasteiger partial charge in [-0.2, -0.15) is 0 Å². The van der Waals surface area contributed by atoms with Gasteiger partial charge in [-0.05, 0) is 24.6 Å². The molecule has 3 N–H and O–H groups in total. The van der Waals surface area contributed by atoms with Crippen LogP contribution in [0.3, 0.4) is 0 Å². The van der Waals surface area contributed by atoms with Crippen molar-refractivity contribution in [2.24, 2.45) is 5.73 Å². The molecule has 0 radical (unpaired) electrons. The number of halogens is 3. The van der Waals surface area contributed by atoms with E-state index in [2.05, 4.69) is 0 Å². The van der Waals surface area contributed by atoms with Gasteiger partial charge in [0.2, 0.25) is 0 Å². The fourth-order valence-electron chi connectivity index (χ4n) is 1.39. The molecule has 0 spiro atoms. The number of aliphatic hydroxyl groups is 1. The summed E-state index contributed by atoms with van der Waals surface area (Å²) in [6, 6.07) is 4.35. The zero-order valence-corrected chi connectivity index (χ0v) is 8.72. The van der Waals surface area contributed by atoms with E-state index in [9.17, 15) is 13.9 Å². The van der Waals surface area contributed by atoms with E-state index < -0.39 is 12.5 Å². The molecule has 2 nitrogen and oxygen atoms in total. The molecule has 0 saturated heterocycles. The highest BCUT2D eigenvalue weighted by Gasteiger charge is 2.20. The second-order valence-electron chi connectivity index (χ2n) is 3.14. The van der Waals surface area contributed by atoms with E-state index in [0.717, 1.165) is 0 Å². The first-order chi connectivity index (χ1) is 7.07. The summed E-state index contributed by atoms with van der Waals surface area (Å²) in [6.45, 7) is 0.232. The van der Waals surface area contributed by atoms with Crippen molar-refractivity contribution in [1.29, 1.82) is 0 Å². The van der Waals surface area contributed by atoms with Crippen molar-refractivity contribution in [3.05, 3.63) is 34.3 Å². The van der Waals surface area contributed by atoms with Gasteiger partial charge in [-0.25, -0.2) is 8.78 Å². The normalized spacial score (nSPS) is 13.2. The van der Waals surface area contributed by atoms with Crippen LogP contribution in [-0.2, 0) is 0 Å². The molecule has 1 rings (SSSR count). The van der Waals surface area contributed by atoms with E-state index in [1.807, 2.05) is 0 Å². The molecule has 0 aliphatic rings. The second kappa shape index (κ2) is 5.39. The summed E-state index contributed by atoms with van der Waals surface area (Å²) in [7, 11) is 0. The second-order valence-corrected chi connectivity index (χ2v) is 3.54. The third kappa shape index (κ3) is 2.87. The molecule has 0 aliphatic carbocycles. The van der Waals surface area contributed by atoms with E-state index in [1.54, 1.807) is 0 Å². The van der Waals surface area contributed by atoms with Crippen molar-refractivity contribution in [1.82, 2.24) is 0 Å². The van der Waals surface area contributed by atoms with Crippen molar-refractivity contribution in [3.63, 3.8) is 0 Å². The highest BCUT2D eigenvalue weighted by atomic mass is 35.5. The molecule has 0 saturated carbocycles. The van der Waals surface area contributed by atoms with Crippen LogP contribution in [0.4, 0.5) is 8.78 Å². The number of alkyl halides is 2. The Bertz CT molecular complexity index is 333. The predicted molar refractivity (Wildman–Crippen MR) is 55.0 cm³/mol. The van der Waals surface area contributed by atoms with Crippen molar-refractivity contribution in [2.75, 3.05) is 6.54 Å². The number of hydrogen-bond donors (Lipinski definition) is 2. The highest BCUT2D eigenvalue weighted by Crippen LogP contribution is 2.34.